The number of rotatable bonds is 2. The van der Waals surface area contributed by atoms with Crippen molar-refractivity contribution in [3.63, 3.8) is 0 Å². The van der Waals surface area contributed by atoms with Crippen LogP contribution in [0.4, 0.5) is 5.95 Å². The van der Waals surface area contributed by atoms with E-state index in [4.69, 9.17) is 22.1 Å². The van der Waals surface area contributed by atoms with Crippen molar-refractivity contribution in [1.82, 2.24) is 15.0 Å². The first-order chi connectivity index (χ1) is 8.10. The molecule has 5 nitrogen and oxygen atoms in total. The fourth-order valence-electron chi connectivity index (χ4n) is 1.42. The number of benzene rings is 1. The molecule has 1 heterocycles. The molecule has 0 aliphatic heterocycles. The number of aromatic nitrogens is 3. The third kappa shape index (κ3) is 2.45. The molecular formula is C11H11ClN4O. The summed E-state index contributed by atoms with van der Waals surface area (Å²) in [5.74, 6) is 0.570. The molecule has 0 aliphatic carbocycles. The molecule has 0 saturated carbocycles. The molecule has 17 heavy (non-hydrogen) atoms. The summed E-state index contributed by atoms with van der Waals surface area (Å²) >= 11 is 5.95. The number of anilines is 1. The molecule has 0 unspecified atom stereocenters. The van der Waals surface area contributed by atoms with Crippen molar-refractivity contribution < 1.29 is 4.74 Å². The standard InChI is InChI=1S/C11H11ClN4O/c1-6-3-4-7(12)5-8(6)9-14-10(13)16-11(15-9)17-2/h3-5H,1-2H3,(H2,13,14,15,16). The number of nitrogens with two attached hydrogens (primary N) is 1. The second kappa shape index (κ2) is 4.55. The summed E-state index contributed by atoms with van der Waals surface area (Å²) in [6, 6.07) is 5.67. The molecule has 0 spiro atoms. The van der Waals surface area contributed by atoms with Gasteiger partial charge in [0.25, 0.3) is 0 Å². The number of methoxy groups -OCH3 is 1. The van der Waals surface area contributed by atoms with Gasteiger partial charge in [-0.15, -0.1) is 0 Å². The van der Waals surface area contributed by atoms with E-state index >= 15 is 0 Å². The van der Waals surface area contributed by atoms with Crippen molar-refractivity contribution in [3.8, 4) is 17.4 Å². The molecule has 0 aliphatic rings. The van der Waals surface area contributed by atoms with E-state index in [1.165, 1.54) is 7.11 Å². The zero-order valence-corrected chi connectivity index (χ0v) is 10.2. The number of halogens is 1. The maximum absolute atomic E-state index is 5.95. The molecule has 0 bridgehead atoms. The highest BCUT2D eigenvalue weighted by atomic mass is 35.5. The monoisotopic (exact) mass is 250 g/mol. The Morgan fingerprint density at radius 1 is 1.24 bits per heavy atom. The smallest absolute Gasteiger partial charge is 0.321 e. The number of aryl methyl sites for hydroxylation is 1. The fraction of sp³-hybridized carbons (Fsp3) is 0.182. The maximum Gasteiger partial charge on any atom is 0.321 e. The summed E-state index contributed by atoms with van der Waals surface area (Å²) in [5, 5.41) is 0.614. The van der Waals surface area contributed by atoms with Crippen LogP contribution in [-0.2, 0) is 0 Å². The highest BCUT2D eigenvalue weighted by Crippen LogP contribution is 2.25. The lowest BCUT2D eigenvalue weighted by atomic mass is 10.1. The van der Waals surface area contributed by atoms with Gasteiger partial charge in [-0.1, -0.05) is 17.7 Å². The maximum atomic E-state index is 5.95. The predicted octanol–water partition coefficient (Wildman–Crippen LogP) is 2.09. The lowest BCUT2D eigenvalue weighted by molar-refractivity contribution is 0.379. The van der Waals surface area contributed by atoms with Gasteiger partial charge in [0, 0.05) is 10.6 Å². The molecule has 2 N–H and O–H groups in total. The number of nitrogen functional groups attached to an aromatic ring is 1. The van der Waals surface area contributed by atoms with Gasteiger partial charge in [0.05, 0.1) is 7.11 Å². The van der Waals surface area contributed by atoms with Crippen molar-refractivity contribution >= 4 is 17.5 Å². The van der Waals surface area contributed by atoms with Crippen LogP contribution in [0.15, 0.2) is 18.2 Å². The molecule has 0 radical (unpaired) electrons. The number of ether oxygens (including phenoxy) is 1. The van der Waals surface area contributed by atoms with E-state index < -0.39 is 0 Å². The minimum Gasteiger partial charge on any atom is -0.467 e. The molecule has 2 rings (SSSR count). The molecule has 6 heteroatoms. The summed E-state index contributed by atoms with van der Waals surface area (Å²) in [6.45, 7) is 1.94. The topological polar surface area (TPSA) is 73.9 Å². The van der Waals surface area contributed by atoms with Crippen LogP contribution < -0.4 is 10.5 Å². The Morgan fingerprint density at radius 2 is 2.00 bits per heavy atom. The normalized spacial score (nSPS) is 10.3. The van der Waals surface area contributed by atoms with E-state index in [1.54, 1.807) is 6.07 Å². The number of hydrogen-bond donors (Lipinski definition) is 1. The Hall–Kier alpha value is -1.88. The summed E-state index contributed by atoms with van der Waals surface area (Å²) in [7, 11) is 1.48. The van der Waals surface area contributed by atoms with Gasteiger partial charge in [0.2, 0.25) is 5.95 Å². The third-order valence-corrected chi connectivity index (χ3v) is 2.49. The molecule has 88 valence electrons. The van der Waals surface area contributed by atoms with Crippen LogP contribution in [-0.4, -0.2) is 22.1 Å². The van der Waals surface area contributed by atoms with E-state index in [9.17, 15) is 0 Å². The van der Waals surface area contributed by atoms with Gasteiger partial charge >= 0.3 is 6.01 Å². The van der Waals surface area contributed by atoms with Crippen LogP contribution in [0.5, 0.6) is 6.01 Å². The average Bonchev–Trinajstić information content (AvgIpc) is 2.31. The highest BCUT2D eigenvalue weighted by Gasteiger charge is 2.09. The first-order valence-corrected chi connectivity index (χ1v) is 5.30. The zero-order valence-electron chi connectivity index (χ0n) is 9.44. The Kier molecular flexibility index (Phi) is 3.10. The Labute approximate surface area is 104 Å². The second-order valence-electron chi connectivity index (χ2n) is 3.46. The molecule has 0 saturated heterocycles. The Morgan fingerprint density at radius 3 is 2.71 bits per heavy atom. The van der Waals surface area contributed by atoms with E-state index in [1.807, 2.05) is 19.1 Å². The third-order valence-electron chi connectivity index (χ3n) is 2.26. The molecule has 0 atom stereocenters. The van der Waals surface area contributed by atoms with Crippen molar-refractivity contribution in [1.29, 1.82) is 0 Å². The average molecular weight is 251 g/mol. The van der Waals surface area contributed by atoms with Crippen molar-refractivity contribution in [2.45, 2.75) is 6.92 Å². The van der Waals surface area contributed by atoms with Crippen molar-refractivity contribution in [2.24, 2.45) is 0 Å². The van der Waals surface area contributed by atoms with Gasteiger partial charge in [-0.25, -0.2) is 0 Å². The van der Waals surface area contributed by atoms with E-state index in [2.05, 4.69) is 15.0 Å². The first-order valence-electron chi connectivity index (χ1n) is 4.92. The Balaban J connectivity index is 2.59. The van der Waals surface area contributed by atoms with Crippen LogP contribution in [0.3, 0.4) is 0 Å². The number of hydrogen-bond acceptors (Lipinski definition) is 5. The van der Waals surface area contributed by atoms with Crippen LogP contribution >= 0.6 is 11.6 Å². The summed E-state index contributed by atoms with van der Waals surface area (Å²) in [4.78, 5) is 12.0. The first kappa shape index (κ1) is 11.6. The Bertz CT molecular complexity index is 559. The van der Waals surface area contributed by atoms with Gasteiger partial charge in [-0.05, 0) is 24.6 Å². The van der Waals surface area contributed by atoms with E-state index in [-0.39, 0.29) is 12.0 Å². The van der Waals surface area contributed by atoms with Crippen molar-refractivity contribution in [3.05, 3.63) is 28.8 Å². The molecular weight excluding hydrogens is 240 g/mol. The molecule has 1 aromatic carbocycles. The van der Waals surface area contributed by atoms with Crippen LogP contribution in [0.1, 0.15) is 5.56 Å². The predicted molar refractivity (Wildman–Crippen MR) is 66.0 cm³/mol. The van der Waals surface area contributed by atoms with Crippen LogP contribution in [0.25, 0.3) is 11.4 Å². The van der Waals surface area contributed by atoms with E-state index in [0.717, 1.165) is 11.1 Å². The number of nitrogens with zero attached hydrogens (tertiary/aromatic N) is 3. The fourth-order valence-corrected chi connectivity index (χ4v) is 1.59. The zero-order chi connectivity index (χ0) is 12.4. The summed E-state index contributed by atoms with van der Waals surface area (Å²) in [6.07, 6.45) is 0. The van der Waals surface area contributed by atoms with Gasteiger partial charge in [0.15, 0.2) is 5.82 Å². The minimum absolute atomic E-state index is 0.117. The summed E-state index contributed by atoms with van der Waals surface area (Å²) < 4.78 is 4.95. The lowest BCUT2D eigenvalue weighted by Crippen LogP contribution is -2.03. The van der Waals surface area contributed by atoms with Crippen LogP contribution in [0, 0.1) is 6.92 Å². The molecule has 0 fully saturated rings. The van der Waals surface area contributed by atoms with Gasteiger partial charge in [-0.2, -0.15) is 15.0 Å². The lowest BCUT2D eigenvalue weighted by Gasteiger charge is -2.06. The minimum atomic E-state index is 0.117. The summed E-state index contributed by atoms with van der Waals surface area (Å²) in [5.41, 5.74) is 7.40. The quantitative estimate of drug-likeness (QED) is 0.883. The van der Waals surface area contributed by atoms with Crippen LogP contribution in [0.2, 0.25) is 5.02 Å². The molecule has 2 aromatic rings. The largest absolute Gasteiger partial charge is 0.467 e. The van der Waals surface area contributed by atoms with Gasteiger partial charge < -0.3 is 10.5 Å². The second-order valence-corrected chi connectivity index (χ2v) is 3.90. The molecule has 1 aromatic heterocycles. The molecule has 0 amide bonds. The van der Waals surface area contributed by atoms with Crippen molar-refractivity contribution in [2.75, 3.05) is 12.8 Å². The van der Waals surface area contributed by atoms with Gasteiger partial charge in [-0.3, -0.25) is 0 Å². The van der Waals surface area contributed by atoms with E-state index in [0.29, 0.717) is 10.8 Å². The highest BCUT2D eigenvalue weighted by molar-refractivity contribution is 6.30. The SMILES string of the molecule is COc1nc(N)nc(-c2cc(Cl)ccc2C)n1. The van der Waals surface area contributed by atoms with Gasteiger partial charge in [0.1, 0.15) is 0 Å².